The van der Waals surface area contributed by atoms with Crippen molar-refractivity contribution in [3.63, 3.8) is 0 Å². The Hall–Kier alpha value is -1.69. The fourth-order valence-electron chi connectivity index (χ4n) is 1.05. The summed E-state index contributed by atoms with van der Waals surface area (Å²) in [7, 11) is 0. The quantitative estimate of drug-likeness (QED) is 0.740. The molecule has 2 aromatic heterocycles. The molecule has 0 radical (unpaired) electrons. The molecule has 0 spiro atoms. The van der Waals surface area contributed by atoms with Gasteiger partial charge in [0.05, 0.1) is 6.61 Å². The van der Waals surface area contributed by atoms with Gasteiger partial charge in [0.25, 0.3) is 0 Å². The number of aromatic nitrogens is 3. The van der Waals surface area contributed by atoms with Crippen LogP contribution in [-0.4, -0.2) is 27.3 Å². The molecule has 5 nitrogen and oxygen atoms in total. The minimum Gasteiger partial charge on any atom is -0.461 e. The summed E-state index contributed by atoms with van der Waals surface area (Å²) < 4.78 is 6.44. The SMILES string of the molecule is CCOC(=O)c1csc(-n2cccn2)n1. The van der Waals surface area contributed by atoms with Crippen molar-refractivity contribution in [1.29, 1.82) is 0 Å². The Morgan fingerprint density at radius 2 is 2.53 bits per heavy atom. The van der Waals surface area contributed by atoms with Gasteiger partial charge in [-0.05, 0) is 13.0 Å². The highest BCUT2D eigenvalue weighted by molar-refractivity contribution is 7.12. The van der Waals surface area contributed by atoms with Gasteiger partial charge in [-0.25, -0.2) is 14.5 Å². The van der Waals surface area contributed by atoms with Crippen LogP contribution in [0.2, 0.25) is 0 Å². The lowest BCUT2D eigenvalue weighted by atomic mass is 10.5. The van der Waals surface area contributed by atoms with Crippen LogP contribution < -0.4 is 0 Å². The summed E-state index contributed by atoms with van der Waals surface area (Å²) in [6, 6.07) is 1.80. The van der Waals surface area contributed by atoms with E-state index in [4.69, 9.17) is 4.74 Å². The zero-order valence-electron chi connectivity index (χ0n) is 8.08. The van der Waals surface area contributed by atoms with E-state index in [9.17, 15) is 4.79 Å². The van der Waals surface area contributed by atoms with E-state index in [2.05, 4.69) is 10.1 Å². The van der Waals surface area contributed by atoms with Gasteiger partial charge < -0.3 is 4.74 Å². The third kappa shape index (κ3) is 2.04. The molecule has 0 aliphatic carbocycles. The molecule has 78 valence electrons. The molecule has 0 bridgehead atoms. The summed E-state index contributed by atoms with van der Waals surface area (Å²) in [5.41, 5.74) is 0.326. The summed E-state index contributed by atoms with van der Waals surface area (Å²) in [5, 5.41) is 6.33. The standard InChI is InChI=1S/C9H9N3O2S/c1-2-14-8(13)7-6-15-9(11-7)12-5-3-4-10-12/h3-6H,2H2,1H3. The molecule has 0 aliphatic rings. The van der Waals surface area contributed by atoms with E-state index in [0.29, 0.717) is 17.4 Å². The average molecular weight is 223 g/mol. The largest absolute Gasteiger partial charge is 0.461 e. The predicted molar refractivity (Wildman–Crippen MR) is 55.2 cm³/mol. The molecule has 0 amide bonds. The van der Waals surface area contributed by atoms with Crippen LogP contribution in [0.15, 0.2) is 23.8 Å². The molecule has 6 heteroatoms. The summed E-state index contributed by atoms with van der Waals surface area (Å²) in [6.07, 6.45) is 3.43. The van der Waals surface area contributed by atoms with Gasteiger partial charge in [0, 0.05) is 17.8 Å². The molecular weight excluding hydrogens is 214 g/mol. The second kappa shape index (κ2) is 4.22. The van der Waals surface area contributed by atoms with Crippen molar-refractivity contribution < 1.29 is 9.53 Å². The minimum atomic E-state index is -0.396. The molecule has 2 aromatic rings. The number of nitrogens with zero attached hydrogens (tertiary/aromatic N) is 3. The summed E-state index contributed by atoms with van der Waals surface area (Å²) in [4.78, 5) is 15.4. The topological polar surface area (TPSA) is 57.0 Å². The maximum atomic E-state index is 11.3. The zero-order chi connectivity index (χ0) is 10.7. The molecule has 15 heavy (non-hydrogen) atoms. The maximum absolute atomic E-state index is 11.3. The van der Waals surface area contributed by atoms with E-state index in [-0.39, 0.29) is 0 Å². The van der Waals surface area contributed by atoms with Crippen LogP contribution in [0, 0.1) is 0 Å². The first-order valence-corrected chi connectivity index (χ1v) is 5.32. The van der Waals surface area contributed by atoms with Crippen molar-refractivity contribution in [2.75, 3.05) is 6.61 Å². The normalized spacial score (nSPS) is 10.2. The van der Waals surface area contributed by atoms with Gasteiger partial charge in [-0.3, -0.25) is 0 Å². The first-order chi connectivity index (χ1) is 7.31. The van der Waals surface area contributed by atoms with Crippen LogP contribution in [-0.2, 0) is 4.74 Å². The second-order valence-electron chi connectivity index (χ2n) is 2.69. The highest BCUT2D eigenvalue weighted by atomic mass is 32.1. The number of carbonyl (C=O) groups excluding carboxylic acids is 1. The number of esters is 1. The molecule has 0 fully saturated rings. The van der Waals surface area contributed by atoms with Crippen molar-refractivity contribution in [1.82, 2.24) is 14.8 Å². The van der Waals surface area contributed by atoms with Crippen molar-refractivity contribution >= 4 is 17.3 Å². The van der Waals surface area contributed by atoms with Gasteiger partial charge in [0.1, 0.15) is 0 Å². The molecular formula is C9H9N3O2S. The number of carbonyl (C=O) groups is 1. The molecule has 0 aromatic carbocycles. The first kappa shape index (κ1) is 9.85. The van der Waals surface area contributed by atoms with Crippen LogP contribution in [0.3, 0.4) is 0 Å². The molecule has 0 saturated carbocycles. The van der Waals surface area contributed by atoms with Crippen molar-refractivity contribution in [3.05, 3.63) is 29.5 Å². The van der Waals surface area contributed by atoms with Crippen LogP contribution >= 0.6 is 11.3 Å². The van der Waals surface area contributed by atoms with Gasteiger partial charge in [-0.1, -0.05) is 0 Å². The Morgan fingerprint density at radius 1 is 1.67 bits per heavy atom. The van der Waals surface area contributed by atoms with Crippen LogP contribution in [0.4, 0.5) is 0 Å². The van der Waals surface area contributed by atoms with E-state index in [1.54, 1.807) is 35.4 Å². The molecule has 0 aliphatic heterocycles. The molecule has 2 rings (SSSR count). The highest BCUT2D eigenvalue weighted by Gasteiger charge is 2.12. The Labute approximate surface area is 90.3 Å². The lowest BCUT2D eigenvalue weighted by Crippen LogP contribution is -2.05. The van der Waals surface area contributed by atoms with Crippen molar-refractivity contribution in [3.8, 4) is 5.13 Å². The van der Waals surface area contributed by atoms with Crippen LogP contribution in [0.5, 0.6) is 0 Å². The lowest BCUT2D eigenvalue weighted by molar-refractivity contribution is 0.0520. The Kier molecular flexibility index (Phi) is 2.77. The molecule has 0 N–H and O–H groups in total. The van der Waals surface area contributed by atoms with E-state index in [0.717, 1.165) is 0 Å². The van der Waals surface area contributed by atoms with E-state index in [1.165, 1.54) is 11.3 Å². The van der Waals surface area contributed by atoms with Gasteiger partial charge in [0.2, 0.25) is 5.13 Å². The minimum absolute atomic E-state index is 0.326. The molecule has 0 atom stereocenters. The number of ether oxygens (including phenoxy) is 1. The Bertz CT molecular complexity index is 450. The Morgan fingerprint density at radius 3 is 3.20 bits per heavy atom. The van der Waals surface area contributed by atoms with E-state index < -0.39 is 5.97 Å². The van der Waals surface area contributed by atoms with Crippen LogP contribution in [0.25, 0.3) is 5.13 Å². The fraction of sp³-hybridized carbons (Fsp3) is 0.222. The molecule has 0 unspecified atom stereocenters. The summed E-state index contributed by atoms with van der Waals surface area (Å²) in [6.45, 7) is 2.12. The molecule has 0 saturated heterocycles. The first-order valence-electron chi connectivity index (χ1n) is 4.44. The smallest absolute Gasteiger partial charge is 0.357 e. The maximum Gasteiger partial charge on any atom is 0.357 e. The third-order valence-electron chi connectivity index (χ3n) is 1.68. The van der Waals surface area contributed by atoms with Gasteiger partial charge in [0.15, 0.2) is 5.69 Å². The number of hydrogen-bond acceptors (Lipinski definition) is 5. The lowest BCUT2D eigenvalue weighted by Gasteiger charge is -1.96. The zero-order valence-corrected chi connectivity index (χ0v) is 8.90. The van der Waals surface area contributed by atoms with Crippen molar-refractivity contribution in [2.45, 2.75) is 6.92 Å². The van der Waals surface area contributed by atoms with Crippen molar-refractivity contribution in [2.24, 2.45) is 0 Å². The van der Waals surface area contributed by atoms with Gasteiger partial charge >= 0.3 is 5.97 Å². The highest BCUT2D eigenvalue weighted by Crippen LogP contribution is 2.14. The third-order valence-corrected chi connectivity index (χ3v) is 2.51. The summed E-state index contributed by atoms with van der Waals surface area (Å²) >= 11 is 1.35. The predicted octanol–water partition coefficient (Wildman–Crippen LogP) is 1.51. The van der Waals surface area contributed by atoms with E-state index >= 15 is 0 Å². The number of rotatable bonds is 3. The average Bonchev–Trinajstić information content (AvgIpc) is 2.89. The monoisotopic (exact) mass is 223 g/mol. The Balaban J connectivity index is 2.21. The number of thiazole rings is 1. The van der Waals surface area contributed by atoms with E-state index in [1.807, 2.05) is 0 Å². The molecule has 2 heterocycles. The fourth-order valence-corrected chi connectivity index (χ4v) is 1.78. The van der Waals surface area contributed by atoms with Crippen LogP contribution in [0.1, 0.15) is 17.4 Å². The van der Waals surface area contributed by atoms with Gasteiger partial charge in [-0.2, -0.15) is 5.10 Å². The summed E-state index contributed by atoms with van der Waals surface area (Å²) in [5.74, 6) is -0.396. The second-order valence-corrected chi connectivity index (χ2v) is 3.52. The van der Waals surface area contributed by atoms with Gasteiger partial charge in [-0.15, -0.1) is 11.3 Å². The number of hydrogen-bond donors (Lipinski definition) is 0.